The van der Waals surface area contributed by atoms with Crippen molar-refractivity contribution >= 4 is 22.6 Å². The summed E-state index contributed by atoms with van der Waals surface area (Å²) in [4.78, 5) is 28.5. The fourth-order valence-electron chi connectivity index (χ4n) is 3.94. The third-order valence-electron chi connectivity index (χ3n) is 5.40. The van der Waals surface area contributed by atoms with Crippen molar-refractivity contribution in [3.63, 3.8) is 0 Å². The molecule has 0 aromatic heterocycles. The SMILES string of the molecule is O=C(COc1ccc2ccccc2c1)N1CCCC(N2CCNCC2=O)C1. The Morgan fingerprint density at radius 3 is 2.85 bits per heavy atom. The Morgan fingerprint density at radius 2 is 2.00 bits per heavy atom. The number of hydrogen-bond acceptors (Lipinski definition) is 4. The predicted octanol–water partition coefficient (Wildman–Crippen LogP) is 1.64. The number of nitrogens with zero attached hydrogens (tertiary/aromatic N) is 2. The maximum Gasteiger partial charge on any atom is 0.260 e. The van der Waals surface area contributed by atoms with Gasteiger partial charge in [0.2, 0.25) is 5.91 Å². The highest BCUT2D eigenvalue weighted by Gasteiger charge is 2.31. The Morgan fingerprint density at radius 1 is 1.15 bits per heavy atom. The van der Waals surface area contributed by atoms with Gasteiger partial charge in [0.25, 0.3) is 5.91 Å². The first-order valence-corrected chi connectivity index (χ1v) is 9.60. The van der Waals surface area contributed by atoms with E-state index in [1.165, 1.54) is 0 Å². The van der Waals surface area contributed by atoms with Crippen LogP contribution in [0, 0.1) is 0 Å². The van der Waals surface area contributed by atoms with Gasteiger partial charge in [-0.2, -0.15) is 0 Å². The van der Waals surface area contributed by atoms with E-state index in [2.05, 4.69) is 11.4 Å². The van der Waals surface area contributed by atoms with E-state index in [0.717, 1.165) is 43.2 Å². The maximum atomic E-state index is 12.6. The van der Waals surface area contributed by atoms with Gasteiger partial charge in [0.15, 0.2) is 6.61 Å². The number of benzene rings is 2. The number of amides is 2. The van der Waals surface area contributed by atoms with E-state index >= 15 is 0 Å². The zero-order chi connectivity index (χ0) is 18.6. The second-order valence-electron chi connectivity index (χ2n) is 7.20. The maximum absolute atomic E-state index is 12.6. The molecule has 2 aliphatic heterocycles. The zero-order valence-corrected chi connectivity index (χ0v) is 15.4. The molecule has 0 spiro atoms. The van der Waals surface area contributed by atoms with Crippen LogP contribution >= 0.6 is 0 Å². The number of fused-ring (bicyclic) bond motifs is 1. The van der Waals surface area contributed by atoms with Gasteiger partial charge in [0.05, 0.1) is 6.54 Å². The summed E-state index contributed by atoms with van der Waals surface area (Å²) in [5, 5.41) is 5.34. The summed E-state index contributed by atoms with van der Waals surface area (Å²) in [7, 11) is 0. The minimum atomic E-state index is -0.0181. The molecule has 4 rings (SSSR count). The smallest absolute Gasteiger partial charge is 0.260 e. The number of carbonyl (C=O) groups excluding carboxylic acids is 2. The highest BCUT2D eigenvalue weighted by atomic mass is 16.5. The van der Waals surface area contributed by atoms with Crippen LogP contribution in [0.3, 0.4) is 0 Å². The lowest BCUT2D eigenvalue weighted by atomic mass is 10.0. The van der Waals surface area contributed by atoms with Crippen LogP contribution in [0.15, 0.2) is 42.5 Å². The van der Waals surface area contributed by atoms with Gasteiger partial charge in [0, 0.05) is 32.2 Å². The molecular weight excluding hydrogens is 342 g/mol. The number of ether oxygens (including phenoxy) is 1. The molecule has 0 aliphatic carbocycles. The number of piperazine rings is 1. The predicted molar refractivity (Wildman–Crippen MR) is 104 cm³/mol. The lowest BCUT2D eigenvalue weighted by molar-refractivity contribution is -0.141. The number of rotatable bonds is 4. The molecule has 2 saturated heterocycles. The topological polar surface area (TPSA) is 61.9 Å². The van der Waals surface area contributed by atoms with Gasteiger partial charge < -0.3 is 19.9 Å². The summed E-state index contributed by atoms with van der Waals surface area (Å²) in [6.07, 6.45) is 1.88. The van der Waals surface area contributed by atoms with E-state index in [4.69, 9.17) is 4.74 Å². The van der Waals surface area contributed by atoms with Crippen molar-refractivity contribution in [1.29, 1.82) is 0 Å². The Labute approximate surface area is 159 Å². The molecule has 0 radical (unpaired) electrons. The van der Waals surface area contributed by atoms with E-state index in [9.17, 15) is 9.59 Å². The first-order valence-electron chi connectivity index (χ1n) is 9.60. The average molecular weight is 367 g/mol. The number of hydrogen-bond donors (Lipinski definition) is 1. The molecule has 1 atom stereocenters. The number of likely N-dealkylation sites (tertiary alicyclic amines) is 1. The fraction of sp³-hybridized carbons (Fsp3) is 0.429. The molecule has 142 valence electrons. The molecule has 2 heterocycles. The van der Waals surface area contributed by atoms with Crippen LogP contribution in [-0.4, -0.2) is 67.0 Å². The second-order valence-corrected chi connectivity index (χ2v) is 7.20. The Bertz CT molecular complexity index is 838. The molecule has 0 saturated carbocycles. The molecule has 2 aromatic carbocycles. The first-order chi connectivity index (χ1) is 13.2. The van der Waals surface area contributed by atoms with Crippen LogP contribution in [0.5, 0.6) is 5.75 Å². The quantitative estimate of drug-likeness (QED) is 0.893. The van der Waals surface area contributed by atoms with Crippen molar-refractivity contribution in [2.75, 3.05) is 39.3 Å². The molecule has 2 fully saturated rings. The van der Waals surface area contributed by atoms with Crippen LogP contribution in [0.25, 0.3) is 10.8 Å². The highest BCUT2D eigenvalue weighted by molar-refractivity contribution is 5.84. The van der Waals surface area contributed by atoms with Gasteiger partial charge in [0.1, 0.15) is 5.75 Å². The van der Waals surface area contributed by atoms with Crippen LogP contribution in [-0.2, 0) is 9.59 Å². The Hall–Kier alpha value is -2.60. The van der Waals surface area contributed by atoms with E-state index in [0.29, 0.717) is 18.8 Å². The van der Waals surface area contributed by atoms with E-state index < -0.39 is 0 Å². The zero-order valence-electron chi connectivity index (χ0n) is 15.4. The molecule has 6 heteroatoms. The van der Waals surface area contributed by atoms with E-state index in [1.807, 2.05) is 46.2 Å². The summed E-state index contributed by atoms with van der Waals surface area (Å²) in [6.45, 7) is 3.30. The molecule has 6 nitrogen and oxygen atoms in total. The highest BCUT2D eigenvalue weighted by Crippen LogP contribution is 2.21. The largest absolute Gasteiger partial charge is 0.484 e. The van der Waals surface area contributed by atoms with Crippen molar-refractivity contribution < 1.29 is 14.3 Å². The summed E-state index contributed by atoms with van der Waals surface area (Å²) < 4.78 is 5.75. The lowest BCUT2D eigenvalue weighted by Gasteiger charge is -2.41. The first kappa shape index (κ1) is 17.8. The molecule has 2 aliphatic rings. The minimum absolute atomic E-state index is 0.0181. The molecular formula is C21H25N3O3. The molecule has 1 unspecified atom stereocenters. The molecule has 2 amide bonds. The fourth-order valence-corrected chi connectivity index (χ4v) is 3.94. The third-order valence-corrected chi connectivity index (χ3v) is 5.40. The number of piperidine rings is 1. The van der Waals surface area contributed by atoms with Gasteiger partial charge in [-0.25, -0.2) is 0 Å². The van der Waals surface area contributed by atoms with E-state index in [-0.39, 0.29) is 24.5 Å². The third kappa shape index (κ3) is 4.06. The van der Waals surface area contributed by atoms with Crippen LogP contribution < -0.4 is 10.1 Å². The molecule has 1 N–H and O–H groups in total. The van der Waals surface area contributed by atoms with Crippen LogP contribution in [0.1, 0.15) is 12.8 Å². The second kappa shape index (κ2) is 7.96. The molecule has 0 bridgehead atoms. The van der Waals surface area contributed by atoms with Crippen molar-refractivity contribution in [3.8, 4) is 5.75 Å². The monoisotopic (exact) mass is 367 g/mol. The van der Waals surface area contributed by atoms with Gasteiger partial charge in [-0.1, -0.05) is 30.3 Å². The molecule has 2 aromatic rings. The number of carbonyl (C=O) groups is 2. The van der Waals surface area contributed by atoms with Crippen LogP contribution in [0.4, 0.5) is 0 Å². The van der Waals surface area contributed by atoms with Crippen molar-refractivity contribution in [1.82, 2.24) is 15.1 Å². The lowest BCUT2D eigenvalue weighted by Crippen LogP contribution is -2.57. The Kier molecular flexibility index (Phi) is 5.25. The summed E-state index contributed by atoms with van der Waals surface area (Å²) in [5.41, 5.74) is 0. The summed E-state index contributed by atoms with van der Waals surface area (Å²) >= 11 is 0. The normalized spacial score (nSPS) is 20.7. The molecule has 27 heavy (non-hydrogen) atoms. The van der Waals surface area contributed by atoms with Gasteiger partial charge in [-0.15, -0.1) is 0 Å². The Balaban J connectivity index is 1.35. The van der Waals surface area contributed by atoms with Crippen molar-refractivity contribution in [2.45, 2.75) is 18.9 Å². The van der Waals surface area contributed by atoms with E-state index in [1.54, 1.807) is 0 Å². The van der Waals surface area contributed by atoms with Crippen molar-refractivity contribution in [2.24, 2.45) is 0 Å². The minimum Gasteiger partial charge on any atom is -0.484 e. The van der Waals surface area contributed by atoms with Gasteiger partial charge in [-0.05, 0) is 35.7 Å². The van der Waals surface area contributed by atoms with Gasteiger partial charge in [-0.3, -0.25) is 9.59 Å². The van der Waals surface area contributed by atoms with Gasteiger partial charge >= 0.3 is 0 Å². The number of nitrogens with one attached hydrogen (secondary N) is 1. The summed E-state index contributed by atoms with van der Waals surface area (Å²) in [6, 6.07) is 14.1. The summed E-state index contributed by atoms with van der Waals surface area (Å²) in [5.74, 6) is 0.816. The average Bonchev–Trinajstić information content (AvgIpc) is 2.72. The standard InChI is InChI=1S/C21H25N3O3/c25-20-13-22-9-11-24(20)18-6-3-10-23(14-18)21(26)15-27-19-8-7-16-4-1-2-5-17(16)12-19/h1-2,4-5,7-8,12,18,22H,3,6,9-11,13-15H2. The van der Waals surface area contributed by atoms with Crippen molar-refractivity contribution in [3.05, 3.63) is 42.5 Å². The van der Waals surface area contributed by atoms with Crippen LogP contribution in [0.2, 0.25) is 0 Å².